The molecule has 34 heavy (non-hydrogen) atoms. The lowest BCUT2D eigenvalue weighted by Gasteiger charge is -2.43. The van der Waals surface area contributed by atoms with Crippen molar-refractivity contribution in [2.45, 2.75) is 18.5 Å². The number of ether oxygens (including phenoxy) is 1. The standard InChI is InChI=1S/C26H30N6O2/c1-2-4-20(5-3-1)24-10-15-34-32(24)26-16-25(27-19-28-26)29-21-6-8-22(9-7-21)30-11-13-31(14-12-30)23-17-33-18-23/h1-9,16,19,23-24H,10-15,17-18H2,(H,27,28,29). The van der Waals surface area contributed by atoms with E-state index < -0.39 is 0 Å². The first-order valence-corrected chi connectivity index (χ1v) is 12.1. The van der Waals surface area contributed by atoms with Crippen LogP contribution >= 0.6 is 0 Å². The average Bonchev–Trinajstić information content (AvgIpc) is 3.35. The van der Waals surface area contributed by atoms with Crippen LogP contribution in [0.2, 0.25) is 0 Å². The van der Waals surface area contributed by atoms with Crippen LogP contribution in [0.3, 0.4) is 0 Å². The number of rotatable bonds is 6. The van der Waals surface area contributed by atoms with E-state index in [1.165, 1.54) is 11.3 Å². The predicted molar refractivity (Wildman–Crippen MR) is 132 cm³/mol. The first-order chi connectivity index (χ1) is 16.8. The molecule has 8 heteroatoms. The third-order valence-corrected chi connectivity index (χ3v) is 6.92. The predicted octanol–water partition coefficient (Wildman–Crippen LogP) is 3.62. The van der Waals surface area contributed by atoms with Crippen molar-refractivity contribution in [3.63, 3.8) is 0 Å². The highest BCUT2D eigenvalue weighted by atomic mass is 16.7. The van der Waals surface area contributed by atoms with Crippen molar-refractivity contribution in [2.24, 2.45) is 0 Å². The highest BCUT2D eigenvalue weighted by molar-refractivity contribution is 5.62. The quantitative estimate of drug-likeness (QED) is 0.601. The van der Waals surface area contributed by atoms with E-state index in [1.807, 2.05) is 17.2 Å². The Balaban J connectivity index is 1.10. The summed E-state index contributed by atoms with van der Waals surface area (Å²) in [6.45, 7) is 6.76. The summed E-state index contributed by atoms with van der Waals surface area (Å²) in [5, 5.41) is 5.32. The van der Waals surface area contributed by atoms with Gasteiger partial charge in [-0.2, -0.15) is 0 Å². The highest BCUT2D eigenvalue weighted by Crippen LogP contribution is 2.34. The van der Waals surface area contributed by atoms with Crippen LogP contribution in [0.15, 0.2) is 67.0 Å². The molecule has 2 aromatic carbocycles. The molecule has 3 aliphatic heterocycles. The SMILES string of the molecule is c1ccc(C2CCON2c2cc(Nc3ccc(N4CCN(C5COC5)CC4)cc3)ncn2)cc1. The van der Waals surface area contributed by atoms with Crippen LogP contribution < -0.4 is 15.3 Å². The molecule has 0 saturated carbocycles. The van der Waals surface area contributed by atoms with Crippen molar-refractivity contribution in [2.75, 3.05) is 61.3 Å². The summed E-state index contributed by atoms with van der Waals surface area (Å²) >= 11 is 0. The summed E-state index contributed by atoms with van der Waals surface area (Å²) in [7, 11) is 0. The van der Waals surface area contributed by atoms with Crippen molar-refractivity contribution in [1.82, 2.24) is 14.9 Å². The second kappa shape index (κ2) is 9.58. The number of anilines is 4. The molecule has 3 fully saturated rings. The number of hydroxylamine groups is 1. The molecule has 0 radical (unpaired) electrons. The van der Waals surface area contributed by atoms with E-state index in [0.717, 1.165) is 63.1 Å². The molecule has 0 bridgehead atoms. The van der Waals surface area contributed by atoms with Crippen molar-refractivity contribution < 1.29 is 9.57 Å². The molecule has 8 nitrogen and oxygen atoms in total. The molecular weight excluding hydrogens is 428 g/mol. The monoisotopic (exact) mass is 458 g/mol. The maximum absolute atomic E-state index is 5.93. The average molecular weight is 459 g/mol. The van der Waals surface area contributed by atoms with Gasteiger partial charge in [0.25, 0.3) is 0 Å². The lowest BCUT2D eigenvalue weighted by molar-refractivity contribution is -0.0660. The topological polar surface area (TPSA) is 66.0 Å². The largest absolute Gasteiger partial charge is 0.378 e. The van der Waals surface area contributed by atoms with Crippen molar-refractivity contribution >= 4 is 23.0 Å². The fourth-order valence-electron chi connectivity index (χ4n) is 4.89. The second-order valence-corrected chi connectivity index (χ2v) is 9.02. The fraction of sp³-hybridized carbons (Fsp3) is 0.385. The van der Waals surface area contributed by atoms with E-state index in [0.29, 0.717) is 12.6 Å². The van der Waals surface area contributed by atoms with Crippen molar-refractivity contribution in [3.05, 3.63) is 72.6 Å². The van der Waals surface area contributed by atoms with Gasteiger partial charge in [0.05, 0.1) is 31.9 Å². The third-order valence-electron chi connectivity index (χ3n) is 6.92. The van der Waals surface area contributed by atoms with Gasteiger partial charge < -0.3 is 15.0 Å². The third kappa shape index (κ3) is 4.44. The zero-order chi connectivity index (χ0) is 22.7. The van der Waals surface area contributed by atoms with Gasteiger partial charge in [-0.3, -0.25) is 9.74 Å². The van der Waals surface area contributed by atoms with E-state index in [9.17, 15) is 0 Å². The van der Waals surface area contributed by atoms with Crippen LogP contribution in [0, 0.1) is 0 Å². The molecule has 3 aromatic rings. The Bertz CT molecular complexity index is 1080. The molecule has 3 saturated heterocycles. The lowest BCUT2D eigenvalue weighted by atomic mass is 10.0. The number of benzene rings is 2. The highest BCUT2D eigenvalue weighted by Gasteiger charge is 2.30. The summed E-state index contributed by atoms with van der Waals surface area (Å²) in [6.07, 6.45) is 2.52. The van der Waals surface area contributed by atoms with E-state index in [1.54, 1.807) is 6.33 Å². The van der Waals surface area contributed by atoms with Gasteiger partial charge in [0, 0.05) is 50.0 Å². The number of aromatic nitrogens is 2. The maximum Gasteiger partial charge on any atom is 0.158 e. The summed E-state index contributed by atoms with van der Waals surface area (Å²) in [5.41, 5.74) is 3.49. The van der Waals surface area contributed by atoms with Crippen LogP contribution in [0.5, 0.6) is 0 Å². The number of piperazine rings is 1. The van der Waals surface area contributed by atoms with Crippen LogP contribution in [-0.2, 0) is 9.57 Å². The van der Waals surface area contributed by atoms with Gasteiger partial charge in [-0.1, -0.05) is 30.3 Å². The van der Waals surface area contributed by atoms with Gasteiger partial charge in [-0.05, 0) is 29.8 Å². The number of nitrogens with one attached hydrogen (secondary N) is 1. The van der Waals surface area contributed by atoms with E-state index in [2.05, 4.69) is 73.6 Å². The Morgan fingerprint density at radius 1 is 0.882 bits per heavy atom. The zero-order valence-electron chi connectivity index (χ0n) is 19.2. The smallest absolute Gasteiger partial charge is 0.158 e. The van der Waals surface area contributed by atoms with Gasteiger partial charge >= 0.3 is 0 Å². The first kappa shape index (κ1) is 21.3. The van der Waals surface area contributed by atoms with E-state index in [-0.39, 0.29) is 6.04 Å². The Hall–Kier alpha value is -3.20. The number of hydrogen-bond donors (Lipinski definition) is 1. The molecule has 1 atom stereocenters. The molecule has 176 valence electrons. The summed E-state index contributed by atoms with van der Waals surface area (Å²) in [6, 6.07) is 21.7. The van der Waals surface area contributed by atoms with Crippen LogP contribution in [-0.4, -0.2) is 66.9 Å². The minimum Gasteiger partial charge on any atom is -0.378 e. The second-order valence-electron chi connectivity index (χ2n) is 9.02. The molecule has 1 N–H and O–H groups in total. The van der Waals surface area contributed by atoms with Crippen LogP contribution in [0.4, 0.5) is 23.0 Å². The normalized spacial score (nSPS) is 21.5. The molecule has 6 rings (SSSR count). The summed E-state index contributed by atoms with van der Waals surface area (Å²) in [4.78, 5) is 19.8. The maximum atomic E-state index is 5.93. The van der Waals surface area contributed by atoms with Gasteiger partial charge in [0.15, 0.2) is 5.82 Å². The Kier molecular flexibility index (Phi) is 6.01. The minimum absolute atomic E-state index is 0.153. The Morgan fingerprint density at radius 2 is 1.68 bits per heavy atom. The molecule has 3 aliphatic rings. The van der Waals surface area contributed by atoms with Crippen molar-refractivity contribution in [1.29, 1.82) is 0 Å². The summed E-state index contributed by atoms with van der Waals surface area (Å²) in [5.74, 6) is 1.51. The Labute approximate surface area is 200 Å². The molecule has 0 aliphatic carbocycles. The number of nitrogens with zero attached hydrogens (tertiary/aromatic N) is 5. The summed E-state index contributed by atoms with van der Waals surface area (Å²) < 4.78 is 5.34. The van der Waals surface area contributed by atoms with Gasteiger partial charge in [0.1, 0.15) is 12.1 Å². The van der Waals surface area contributed by atoms with Crippen molar-refractivity contribution in [3.8, 4) is 0 Å². The van der Waals surface area contributed by atoms with Gasteiger partial charge in [-0.15, -0.1) is 0 Å². The van der Waals surface area contributed by atoms with Gasteiger partial charge in [0.2, 0.25) is 0 Å². The minimum atomic E-state index is 0.153. The first-order valence-electron chi connectivity index (χ1n) is 12.1. The van der Waals surface area contributed by atoms with E-state index in [4.69, 9.17) is 9.57 Å². The molecule has 0 spiro atoms. The van der Waals surface area contributed by atoms with E-state index >= 15 is 0 Å². The lowest BCUT2D eigenvalue weighted by Crippen LogP contribution is -2.56. The molecule has 1 unspecified atom stereocenters. The molecule has 1 aromatic heterocycles. The van der Waals surface area contributed by atoms with Gasteiger partial charge in [-0.25, -0.2) is 15.0 Å². The fourth-order valence-corrected chi connectivity index (χ4v) is 4.89. The number of hydrogen-bond acceptors (Lipinski definition) is 8. The molecular formula is C26H30N6O2. The molecule has 0 amide bonds. The van der Waals surface area contributed by atoms with Crippen LogP contribution in [0.1, 0.15) is 18.0 Å². The Morgan fingerprint density at radius 3 is 2.41 bits per heavy atom. The van der Waals surface area contributed by atoms with Crippen LogP contribution in [0.25, 0.3) is 0 Å². The zero-order valence-corrected chi connectivity index (χ0v) is 19.2. The molecule has 4 heterocycles.